The van der Waals surface area contributed by atoms with Crippen molar-refractivity contribution in [3.63, 3.8) is 0 Å². The standard InChI is InChI=1S/C14H23ClN2/c1-3-4-8-14(10-16)17(2)11-12-6-5-7-13(15)9-12/h5-7,9,14H,3-4,8,10-11,16H2,1-2H3. The Balaban J connectivity index is 2.54. The van der Waals surface area contributed by atoms with Gasteiger partial charge < -0.3 is 5.73 Å². The summed E-state index contributed by atoms with van der Waals surface area (Å²) in [5, 5.41) is 0.800. The summed E-state index contributed by atoms with van der Waals surface area (Å²) in [4.78, 5) is 2.32. The predicted molar refractivity (Wildman–Crippen MR) is 75.3 cm³/mol. The second-order valence-electron chi connectivity index (χ2n) is 4.58. The molecule has 96 valence electrons. The number of nitrogens with zero attached hydrogens (tertiary/aromatic N) is 1. The van der Waals surface area contributed by atoms with E-state index in [1.165, 1.54) is 24.8 Å². The molecule has 3 heteroatoms. The summed E-state index contributed by atoms with van der Waals surface area (Å²) in [7, 11) is 2.13. The largest absolute Gasteiger partial charge is 0.329 e. The molecule has 0 aliphatic carbocycles. The smallest absolute Gasteiger partial charge is 0.0409 e. The van der Waals surface area contributed by atoms with Crippen molar-refractivity contribution in [3.05, 3.63) is 34.9 Å². The van der Waals surface area contributed by atoms with Crippen LogP contribution in [-0.2, 0) is 6.54 Å². The van der Waals surface area contributed by atoms with Crippen LogP contribution in [0.2, 0.25) is 5.02 Å². The summed E-state index contributed by atoms with van der Waals surface area (Å²) in [5.74, 6) is 0. The molecular formula is C14H23ClN2. The highest BCUT2D eigenvalue weighted by atomic mass is 35.5. The fourth-order valence-electron chi connectivity index (χ4n) is 2.01. The van der Waals surface area contributed by atoms with Crippen LogP contribution in [0.4, 0.5) is 0 Å². The second-order valence-corrected chi connectivity index (χ2v) is 5.01. The van der Waals surface area contributed by atoms with Crippen LogP contribution < -0.4 is 5.73 Å². The Bertz CT molecular complexity index is 328. The molecule has 0 aliphatic rings. The lowest BCUT2D eigenvalue weighted by Crippen LogP contribution is -2.37. The topological polar surface area (TPSA) is 29.3 Å². The van der Waals surface area contributed by atoms with E-state index in [-0.39, 0.29) is 0 Å². The van der Waals surface area contributed by atoms with E-state index in [0.29, 0.717) is 6.04 Å². The van der Waals surface area contributed by atoms with Gasteiger partial charge >= 0.3 is 0 Å². The lowest BCUT2D eigenvalue weighted by molar-refractivity contribution is 0.223. The molecule has 0 fully saturated rings. The van der Waals surface area contributed by atoms with Crippen molar-refractivity contribution in [1.82, 2.24) is 4.90 Å². The van der Waals surface area contributed by atoms with E-state index < -0.39 is 0 Å². The predicted octanol–water partition coefficient (Wildman–Crippen LogP) is 3.29. The van der Waals surface area contributed by atoms with Gasteiger partial charge in [-0.3, -0.25) is 4.90 Å². The van der Waals surface area contributed by atoms with Crippen LogP contribution in [0, 0.1) is 0 Å². The number of hydrogen-bond acceptors (Lipinski definition) is 2. The Morgan fingerprint density at radius 1 is 1.41 bits per heavy atom. The Labute approximate surface area is 110 Å². The molecule has 2 nitrogen and oxygen atoms in total. The molecule has 1 aromatic rings. The number of unbranched alkanes of at least 4 members (excludes halogenated alkanes) is 1. The summed E-state index contributed by atoms with van der Waals surface area (Å²) in [6, 6.07) is 8.49. The van der Waals surface area contributed by atoms with Gasteiger partial charge in [0.15, 0.2) is 0 Å². The first-order chi connectivity index (χ1) is 8.17. The van der Waals surface area contributed by atoms with Gasteiger partial charge in [0, 0.05) is 24.2 Å². The summed E-state index contributed by atoms with van der Waals surface area (Å²) in [6.07, 6.45) is 3.63. The van der Waals surface area contributed by atoms with E-state index in [4.69, 9.17) is 17.3 Å². The van der Waals surface area contributed by atoms with Gasteiger partial charge in [-0.25, -0.2) is 0 Å². The van der Waals surface area contributed by atoms with Crippen LogP contribution in [0.15, 0.2) is 24.3 Å². The first-order valence-corrected chi connectivity index (χ1v) is 6.70. The van der Waals surface area contributed by atoms with Crippen LogP contribution in [0.3, 0.4) is 0 Å². The summed E-state index contributed by atoms with van der Waals surface area (Å²) >= 11 is 5.98. The third kappa shape index (κ3) is 5.07. The maximum absolute atomic E-state index is 5.98. The first-order valence-electron chi connectivity index (χ1n) is 6.32. The van der Waals surface area contributed by atoms with Crippen molar-refractivity contribution < 1.29 is 0 Å². The molecule has 0 bridgehead atoms. The highest BCUT2D eigenvalue weighted by Crippen LogP contribution is 2.14. The molecule has 0 amide bonds. The molecule has 1 rings (SSSR count). The fraction of sp³-hybridized carbons (Fsp3) is 0.571. The van der Waals surface area contributed by atoms with Crippen molar-refractivity contribution in [1.29, 1.82) is 0 Å². The Morgan fingerprint density at radius 3 is 2.76 bits per heavy atom. The third-order valence-electron chi connectivity index (χ3n) is 3.11. The minimum absolute atomic E-state index is 0.467. The highest BCUT2D eigenvalue weighted by Gasteiger charge is 2.12. The Morgan fingerprint density at radius 2 is 2.18 bits per heavy atom. The minimum Gasteiger partial charge on any atom is -0.329 e. The normalized spacial score (nSPS) is 13.0. The van der Waals surface area contributed by atoms with Gasteiger partial charge in [-0.15, -0.1) is 0 Å². The van der Waals surface area contributed by atoms with Gasteiger partial charge in [0.1, 0.15) is 0 Å². The average molecular weight is 255 g/mol. The maximum Gasteiger partial charge on any atom is 0.0409 e. The van der Waals surface area contributed by atoms with Gasteiger partial charge in [0.2, 0.25) is 0 Å². The zero-order valence-corrected chi connectivity index (χ0v) is 11.6. The number of benzene rings is 1. The van der Waals surface area contributed by atoms with Crippen LogP contribution >= 0.6 is 11.6 Å². The maximum atomic E-state index is 5.98. The molecule has 1 unspecified atom stereocenters. The number of hydrogen-bond donors (Lipinski definition) is 1. The molecular weight excluding hydrogens is 232 g/mol. The third-order valence-corrected chi connectivity index (χ3v) is 3.34. The SMILES string of the molecule is CCCCC(CN)N(C)Cc1cccc(Cl)c1. The molecule has 0 aromatic heterocycles. The monoisotopic (exact) mass is 254 g/mol. The summed E-state index contributed by atoms with van der Waals surface area (Å²) < 4.78 is 0. The number of likely N-dealkylation sites (N-methyl/N-ethyl adjacent to an activating group) is 1. The Kier molecular flexibility index (Phi) is 6.56. The van der Waals surface area contributed by atoms with Crippen LogP contribution in [-0.4, -0.2) is 24.5 Å². The minimum atomic E-state index is 0.467. The van der Waals surface area contributed by atoms with Gasteiger partial charge in [0.25, 0.3) is 0 Å². The van der Waals surface area contributed by atoms with E-state index in [9.17, 15) is 0 Å². The molecule has 0 spiro atoms. The number of rotatable bonds is 7. The van der Waals surface area contributed by atoms with E-state index in [2.05, 4.69) is 24.9 Å². The highest BCUT2D eigenvalue weighted by molar-refractivity contribution is 6.30. The van der Waals surface area contributed by atoms with E-state index in [0.717, 1.165) is 18.1 Å². The second kappa shape index (κ2) is 7.70. The molecule has 17 heavy (non-hydrogen) atoms. The van der Waals surface area contributed by atoms with Crippen molar-refractivity contribution in [2.24, 2.45) is 5.73 Å². The average Bonchev–Trinajstić information content (AvgIpc) is 2.30. The van der Waals surface area contributed by atoms with E-state index in [1.807, 2.05) is 18.2 Å². The fourth-order valence-corrected chi connectivity index (χ4v) is 2.22. The molecule has 1 atom stereocenters. The van der Waals surface area contributed by atoms with Crippen molar-refractivity contribution in [3.8, 4) is 0 Å². The van der Waals surface area contributed by atoms with Gasteiger partial charge in [-0.05, 0) is 31.2 Å². The molecule has 2 N–H and O–H groups in total. The van der Waals surface area contributed by atoms with E-state index in [1.54, 1.807) is 0 Å². The number of halogens is 1. The molecule has 0 saturated carbocycles. The molecule has 0 saturated heterocycles. The van der Waals surface area contributed by atoms with E-state index >= 15 is 0 Å². The zero-order valence-electron chi connectivity index (χ0n) is 10.8. The van der Waals surface area contributed by atoms with Gasteiger partial charge in [-0.1, -0.05) is 43.5 Å². The quantitative estimate of drug-likeness (QED) is 0.809. The Hall–Kier alpha value is -0.570. The summed E-state index contributed by atoms with van der Waals surface area (Å²) in [5.41, 5.74) is 7.08. The van der Waals surface area contributed by atoms with Crippen molar-refractivity contribution >= 4 is 11.6 Å². The van der Waals surface area contributed by atoms with Crippen LogP contribution in [0.1, 0.15) is 31.7 Å². The molecule has 0 aliphatic heterocycles. The van der Waals surface area contributed by atoms with Crippen molar-refractivity contribution in [2.75, 3.05) is 13.6 Å². The molecule has 0 heterocycles. The lowest BCUT2D eigenvalue weighted by Gasteiger charge is -2.27. The van der Waals surface area contributed by atoms with Gasteiger partial charge in [-0.2, -0.15) is 0 Å². The zero-order chi connectivity index (χ0) is 12.7. The molecule has 1 aromatic carbocycles. The van der Waals surface area contributed by atoms with Gasteiger partial charge in [0.05, 0.1) is 0 Å². The van der Waals surface area contributed by atoms with Crippen LogP contribution in [0.25, 0.3) is 0 Å². The summed E-state index contributed by atoms with van der Waals surface area (Å²) in [6.45, 7) is 3.84. The van der Waals surface area contributed by atoms with Crippen LogP contribution in [0.5, 0.6) is 0 Å². The number of nitrogens with two attached hydrogens (primary N) is 1. The lowest BCUT2D eigenvalue weighted by atomic mass is 10.1. The first kappa shape index (κ1) is 14.5. The van der Waals surface area contributed by atoms with Crippen molar-refractivity contribution in [2.45, 2.75) is 38.8 Å². The molecule has 0 radical (unpaired) electrons.